The molecule has 0 aliphatic carbocycles. The van der Waals surface area contributed by atoms with Gasteiger partial charge in [-0.05, 0) is 31.3 Å². The van der Waals surface area contributed by atoms with E-state index in [-0.39, 0.29) is 17.4 Å². The average molecular weight is 228 g/mol. The molecule has 1 fully saturated rings. The maximum Gasteiger partial charge on any atom is 0.321 e. The predicted octanol–water partition coefficient (Wildman–Crippen LogP) is 1.03. The highest BCUT2D eigenvalue weighted by Gasteiger charge is 2.44. The number of carboxylic acid groups (broad SMARTS) is 1. The van der Waals surface area contributed by atoms with Crippen molar-refractivity contribution in [1.29, 1.82) is 0 Å². The van der Waals surface area contributed by atoms with Gasteiger partial charge in [0.25, 0.3) is 0 Å². The maximum atomic E-state index is 11.4. The summed E-state index contributed by atoms with van der Waals surface area (Å²) in [6.07, 6.45) is 0.990. The molecule has 1 rings (SSSR count). The Morgan fingerprint density at radius 2 is 2.12 bits per heavy atom. The van der Waals surface area contributed by atoms with Crippen molar-refractivity contribution in [1.82, 2.24) is 10.2 Å². The Hall–Kier alpha value is -0.610. The molecule has 4 heteroatoms. The Labute approximate surface area is 98.0 Å². The van der Waals surface area contributed by atoms with Crippen molar-refractivity contribution in [3.63, 3.8) is 0 Å². The number of carbonyl (C=O) groups is 1. The lowest BCUT2D eigenvalue weighted by molar-refractivity contribution is -0.144. The van der Waals surface area contributed by atoms with Gasteiger partial charge in [0.2, 0.25) is 0 Å². The first kappa shape index (κ1) is 13.5. The zero-order valence-corrected chi connectivity index (χ0v) is 10.8. The van der Waals surface area contributed by atoms with Crippen molar-refractivity contribution in [2.45, 2.75) is 33.2 Å². The van der Waals surface area contributed by atoms with Crippen LogP contribution in [0.15, 0.2) is 0 Å². The zero-order valence-electron chi connectivity index (χ0n) is 10.8. The van der Waals surface area contributed by atoms with E-state index in [2.05, 4.69) is 31.0 Å². The smallest absolute Gasteiger partial charge is 0.321 e. The highest BCUT2D eigenvalue weighted by molar-refractivity contribution is 5.74. The fraction of sp³-hybridized carbons (Fsp3) is 0.917. The quantitative estimate of drug-likeness (QED) is 0.754. The van der Waals surface area contributed by atoms with Gasteiger partial charge in [0.1, 0.15) is 6.04 Å². The summed E-state index contributed by atoms with van der Waals surface area (Å²) in [5.74, 6) is -0.421. The van der Waals surface area contributed by atoms with Crippen molar-refractivity contribution >= 4 is 5.97 Å². The van der Waals surface area contributed by atoms with E-state index in [0.29, 0.717) is 0 Å². The molecule has 2 atom stereocenters. The molecule has 0 spiro atoms. The van der Waals surface area contributed by atoms with Crippen LogP contribution >= 0.6 is 0 Å². The number of hydrogen-bond donors (Lipinski definition) is 2. The third kappa shape index (κ3) is 2.95. The summed E-state index contributed by atoms with van der Waals surface area (Å²) in [6.45, 7) is 8.97. The van der Waals surface area contributed by atoms with Crippen molar-refractivity contribution in [3.05, 3.63) is 0 Å². The monoisotopic (exact) mass is 228 g/mol. The first-order valence-electron chi connectivity index (χ1n) is 5.99. The van der Waals surface area contributed by atoms with Crippen LogP contribution < -0.4 is 5.32 Å². The van der Waals surface area contributed by atoms with Crippen molar-refractivity contribution in [2.24, 2.45) is 11.3 Å². The molecule has 1 saturated heterocycles. The minimum Gasteiger partial charge on any atom is -0.480 e. The number of nitrogens with one attached hydrogen (secondary N) is 1. The van der Waals surface area contributed by atoms with Gasteiger partial charge in [0, 0.05) is 13.1 Å². The molecule has 94 valence electrons. The van der Waals surface area contributed by atoms with Crippen LogP contribution in [-0.4, -0.2) is 48.7 Å². The molecule has 0 radical (unpaired) electrons. The highest BCUT2D eigenvalue weighted by atomic mass is 16.4. The molecule has 0 aromatic carbocycles. The third-order valence-electron chi connectivity index (χ3n) is 3.52. The molecular weight excluding hydrogens is 204 g/mol. The van der Waals surface area contributed by atoms with E-state index in [1.807, 2.05) is 7.05 Å². The Morgan fingerprint density at radius 3 is 2.56 bits per heavy atom. The van der Waals surface area contributed by atoms with Crippen molar-refractivity contribution in [3.8, 4) is 0 Å². The molecule has 2 N–H and O–H groups in total. The van der Waals surface area contributed by atoms with Gasteiger partial charge >= 0.3 is 5.97 Å². The third-order valence-corrected chi connectivity index (χ3v) is 3.52. The molecular formula is C12H24N2O2. The lowest BCUT2D eigenvalue weighted by atomic mass is 9.76. The largest absolute Gasteiger partial charge is 0.480 e. The van der Waals surface area contributed by atoms with E-state index in [1.54, 1.807) is 0 Å². The van der Waals surface area contributed by atoms with Crippen LogP contribution in [0.2, 0.25) is 0 Å². The van der Waals surface area contributed by atoms with Crippen LogP contribution in [-0.2, 0) is 4.79 Å². The Morgan fingerprint density at radius 1 is 1.50 bits per heavy atom. The van der Waals surface area contributed by atoms with Crippen LogP contribution in [0, 0.1) is 11.3 Å². The van der Waals surface area contributed by atoms with Gasteiger partial charge in [-0.1, -0.05) is 20.8 Å². The number of likely N-dealkylation sites (tertiary alicyclic amines) is 1. The van der Waals surface area contributed by atoms with Crippen LogP contribution in [0.3, 0.4) is 0 Å². The van der Waals surface area contributed by atoms with E-state index >= 15 is 0 Å². The molecule has 0 saturated carbocycles. The lowest BCUT2D eigenvalue weighted by Gasteiger charge is -2.32. The second-order valence-electron chi connectivity index (χ2n) is 5.68. The Kier molecular flexibility index (Phi) is 4.33. The minimum absolute atomic E-state index is 0.0669. The maximum absolute atomic E-state index is 11.4. The van der Waals surface area contributed by atoms with E-state index < -0.39 is 5.97 Å². The molecule has 1 aliphatic rings. The SMILES string of the molecule is CNCCN1CC[C@@H](C(C)(C)C)C1C(=O)O. The van der Waals surface area contributed by atoms with Gasteiger partial charge in [-0.15, -0.1) is 0 Å². The molecule has 1 aliphatic heterocycles. The summed E-state index contributed by atoms with van der Waals surface area (Å²) in [5, 5.41) is 12.4. The van der Waals surface area contributed by atoms with E-state index in [9.17, 15) is 9.90 Å². The number of aliphatic carboxylic acids is 1. The van der Waals surface area contributed by atoms with Gasteiger partial charge < -0.3 is 10.4 Å². The van der Waals surface area contributed by atoms with Gasteiger partial charge in [-0.25, -0.2) is 0 Å². The fourth-order valence-electron chi connectivity index (χ4n) is 2.60. The van der Waals surface area contributed by atoms with E-state index in [0.717, 1.165) is 26.1 Å². The molecule has 0 aromatic rings. The van der Waals surface area contributed by atoms with Gasteiger partial charge in [-0.3, -0.25) is 9.69 Å². The van der Waals surface area contributed by atoms with Crippen LogP contribution in [0.1, 0.15) is 27.2 Å². The van der Waals surface area contributed by atoms with Crippen LogP contribution in [0.4, 0.5) is 0 Å². The Bertz CT molecular complexity index is 248. The molecule has 1 unspecified atom stereocenters. The molecule has 0 bridgehead atoms. The number of carboxylic acids is 1. The van der Waals surface area contributed by atoms with Crippen LogP contribution in [0.25, 0.3) is 0 Å². The van der Waals surface area contributed by atoms with Gasteiger partial charge in [0.15, 0.2) is 0 Å². The number of nitrogens with zero attached hydrogens (tertiary/aromatic N) is 1. The van der Waals surface area contributed by atoms with Crippen molar-refractivity contribution < 1.29 is 9.90 Å². The van der Waals surface area contributed by atoms with E-state index in [1.165, 1.54) is 0 Å². The standard InChI is InChI=1S/C12H24N2O2/c1-12(2,3)9-5-7-14(8-6-13-4)10(9)11(15)16/h9-10,13H,5-8H2,1-4H3,(H,15,16)/t9-,10?/m1/s1. The number of hydrogen-bond acceptors (Lipinski definition) is 3. The summed E-state index contributed by atoms with van der Waals surface area (Å²) in [5.41, 5.74) is 0.0669. The zero-order chi connectivity index (χ0) is 12.3. The number of likely N-dealkylation sites (N-methyl/N-ethyl adjacent to an activating group) is 1. The summed E-state index contributed by atoms with van der Waals surface area (Å²) < 4.78 is 0. The molecule has 1 heterocycles. The molecule has 4 nitrogen and oxygen atoms in total. The number of rotatable bonds is 4. The topological polar surface area (TPSA) is 52.6 Å². The highest BCUT2D eigenvalue weighted by Crippen LogP contribution is 2.38. The summed E-state index contributed by atoms with van der Waals surface area (Å²) in [6, 6.07) is -0.312. The first-order valence-corrected chi connectivity index (χ1v) is 5.99. The lowest BCUT2D eigenvalue weighted by Crippen LogP contribution is -2.45. The van der Waals surface area contributed by atoms with Gasteiger partial charge in [-0.2, -0.15) is 0 Å². The van der Waals surface area contributed by atoms with E-state index in [4.69, 9.17) is 0 Å². The van der Waals surface area contributed by atoms with Crippen LogP contribution in [0.5, 0.6) is 0 Å². The normalized spacial score (nSPS) is 27.2. The summed E-state index contributed by atoms with van der Waals surface area (Å²) in [4.78, 5) is 13.5. The predicted molar refractivity (Wildman–Crippen MR) is 64.5 cm³/mol. The Balaban J connectivity index is 2.73. The second kappa shape index (κ2) is 5.15. The fourth-order valence-corrected chi connectivity index (χ4v) is 2.60. The minimum atomic E-state index is -0.673. The van der Waals surface area contributed by atoms with Gasteiger partial charge in [0.05, 0.1) is 0 Å². The average Bonchev–Trinajstić information content (AvgIpc) is 2.57. The van der Waals surface area contributed by atoms with Crippen molar-refractivity contribution in [2.75, 3.05) is 26.7 Å². The second-order valence-corrected chi connectivity index (χ2v) is 5.68. The summed E-state index contributed by atoms with van der Waals surface area (Å²) in [7, 11) is 1.90. The summed E-state index contributed by atoms with van der Waals surface area (Å²) >= 11 is 0. The molecule has 0 aromatic heterocycles. The molecule has 0 amide bonds. The first-order chi connectivity index (χ1) is 7.38. The molecule has 16 heavy (non-hydrogen) atoms.